The maximum Gasteiger partial charge on any atom is 0.258 e. The van der Waals surface area contributed by atoms with Crippen molar-refractivity contribution in [1.29, 1.82) is 0 Å². The number of fused-ring (bicyclic) bond motifs is 1. The fraction of sp³-hybridized carbons (Fsp3) is 0.450. The van der Waals surface area contributed by atoms with Gasteiger partial charge in [-0.2, -0.15) is 5.10 Å². The van der Waals surface area contributed by atoms with E-state index < -0.39 is 11.6 Å². The van der Waals surface area contributed by atoms with Gasteiger partial charge in [-0.25, -0.2) is 0 Å². The zero-order chi connectivity index (χ0) is 19.7. The highest BCUT2D eigenvalue weighted by molar-refractivity contribution is 6.02. The summed E-state index contributed by atoms with van der Waals surface area (Å²) in [5, 5.41) is 6.89. The van der Waals surface area contributed by atoms with Gasteiger partial charge in [0.05, 0.1) is 37.2 Å². The average molecular weight is 384 g/mol. The predicted molar refractivity (Wildman–Crippen MR) is 102 cm³/mol. The summed E-state index contributed by atoms with van der Waals surface area (Å²) >= 11 is 0. The number of benzene rings is 1. The molecule has 148 valence electrons. The van der Waals surface area contributed by atoms with Crippen molar-refractivity contribution < 1.29 is 19.1 Å². The van der Waals surface area contributed by atoms with Gasteiger partial charge >= 0.3 is 0 Å². The second-order valence-corrected chi connectivity index (χ2v) is 7.39. The molecule has 1 saturated heterocycles. The second-order valence-electron chi connectivity index (χ2n) is 7.39. The Bertz CT molecular complexity index is 888. The largest absolute Gasteiger partial charge is 0.484 e. The lowest BCUT2D eigenvalue weighted by Crippen LogP contribution is -2.55. The highest BCUT2D eigenvalue weighted by Crippen LogP contribution is 2.35. The summed E-state index contributed by atoms with van der Waals surface area (Å²) in [5.41, 5.74) is 0.523. The van der Waals surface area contributed by atoms with E-state index in [-0.39, 0.29) is 11.8 Å². The van der Waals surface area contributed by atoms with Crippen LogP contribution in [0.1, 0.15) is 30.1 Å². The Morgan fingerprint density at radius 1 is 1.29 bits per heavy atom. The Hall–Kier alpha value is -2.87. The first kappa shape index (κ1) is 18.5. The first-order chi connectivity index (χ1) is 13.5. The first-order valence-corrected chi connectivity index (χ1v) is 9.44. The Balaban J connectivity index is 1.63. The van der Waals surface area contributed by atoms with Crippen LogP contribution in [0.15, 0.2) is 36.7 Å². The maximum atomic E-state index is 13.3. The summed E-state index contributed by atoms with van der Waals surface area (Å²) in [7, 11) is 1.78. The molecule has 28 heavy (non-hydrogen) atoms. The normalized spacial score (nSPS) is 19.5. The minimum absolute atomic E-state index is 0.201. The van der Waals surface area contributed by atoms with E-state index in [1.807, 2.05) is 12.1 Å². The van der Waals surface area contributed by atoms with Crippen molar-refractivity contribution in [3.05, 3.63) is 42.2 Å². The molecule has 0 bridgehead atoms. The van der Waals surface area contributed by atoms with Crippen LogP contribution in [0.3, 0.4) is 0 Å². The minimum Gasteiger partial charge on any atom is -0.484 e. The third-order valence-corrected chi connectivity index (χ3v) is 5.39. The number of aryl methyl sites for hydroxylation is 1. The average Bonchev–Trinajstić information content (AvgIpc) is 3.06. The lowest BCUT2D eigenvalue weighted by molar-refractivity contribution is -0.121. The van der Waals surface area contributed by atoms with Gasteiger partial charge in [-0.15, -0.1) is 0 Å². The molecule has 0 aliphatic carbocycles. The molecule has 1 fully saturated rings. The van der Waals surface area contributed by atoms with Crippen LogP contribution in [0.2, 0.25) is 0 Å². The van der Waals surface area contributed by atoms with Crippen LogP contribution < -0.4 is 10.1 Å². The van der Waals surface area contributed by atoms with Crippen molar-refractivity contribution in [3.8, 4) is 5.75 Å². The molecule has 4 rings (SSSR count). The lowest BCUT2D eigenvalue weighted by Gasteiger charge is -2.40. The SMILES string of the molecule is CC(C(=O)Nc1cnn(C)c1)N1CC2(CCOCC2)Oc2ccccc2C1=O. The molecule has 1 aromatic heterocycles. The molecule has 1 spiro atoms. The molecular weight excluding hydrogens is 360 g/mol. The molecule has 3 heterocycles. The molecule has 0 saturated carbocycles. The molecule has 1 aromatic carbocycles. The van der Waals surface area contributed by atoms with Gasteiger partial charge in [-0.1, -0.05) is 12.1 Å². The number of aromatic nitrogens is 2. The lowest BCUT2D eigenvalue weighted by atomic mass is 9.93. The smallest absolute Gasteiger partial charge is 0.258 e. The van der Waals surface area contributed by atoms with Crippen molar-refractivity contribution in [2.75, 3.05) is 25.1 Å². The predicted octanol–water partition coefficient (Wildman–Crippen LogP) is 1.83. The van der Waals surface area contributed by atoms with Crippen molar-refractivity contribution in [3.63, 3.8) is 0 Å². The van der Waals surface area contributed by atoms with E-state index in [1.54, 1.807) is 48.1 Å². The van der Waals surface area contributed by atoms with Crippen LogP contribution in [-0.2, 0) is 16.6 Å². The van der Waals surface area contributed by atoms with E-state index in [9.17, 15) is 9.59 Å². The fourth-order valence-corrected chi connectivity index (χ4v) is 3.73. The summed E-state index contributed by atoms with van der Waals surface area (Å²) in [6, 6.07) is 6.55. The van der Waals surface area contributed by atoms with Crippen LogP contribution in [0, 0.1) is 0 Å². The van der Waals surface area contributed by atoms with Gasteiger partial charge in [0, 0.05) is 26.1 Å². The van der Waals surface area contributed by atoms with Gasteiger partial charge in [-0.3, -0.25) is 14.3 Å². The number of carbonyl (C=O) groups excluding carboxylic acids is 2. The van der Waals surface area contributed by atoms with Crippen LogP contribution in [0.5, 0.6) is 5.75 Å². The molecular formula is C20H24N4O4. The Morgan fingerprint density at radius 2 is 2.04 bits per heavy atom. The van der Waals surface area contributed by atoms with Crippen molar-refractivity contribution in [1.82, 2.24) is 14.7 Å². The quantitative estimate of drug-likeness (QED) is 0.873. The van der Waals surface area contributed by atoms with E-state index in [0.29, 0.717) is 49.6 Å². The number of nitrogens with one attached hydrogen (secondary N) is 1. The standard InChI is InChI=1S/C20H24N4O4/c1-14(18(25)22-15-11-21-23(2)12-15)24-13-20(7-9-27-10-8-20)28-17-6-4-3-5-16(17)19(24)26/h3-6,11-12,14H,7-10,13H2,1-2H3,(H,22,25). The Morgan fingerprint density at radius 3 is 2.75 bits per heavy atom. The van der Waals surface area contributed by atoms with Gasteiger partial charge < -0.3 is 19.7 Å². The van der Waals surface area contributed by atoms with Crippen LogP contribution in [0.25, 0.3) is 0 Å². The molecule has 8 heteroatoms. The van der Waals surface area contributed by atoms with E-state index in [2.05, 4.69) is 10.4 Å². The highest BCUT2D eigenvalue weighted by atomic mass is 16.5. The van der Waals surface area contributed by atoms with Gasteiger partial charge in [0.1, 0.15) is 17.4 Å². The number of ether oxygens (including phenoxy) is 2. The summed E-state index contributed by atoms with van der Waals surface area (Å²) in [6.07, 6.45) is 4.63. The third-order valence-electron chi connectivity index (χ3n) is 5.39. The monoisotopic (exact) mass is 384 g/mol. The van der Waals surface area contributed by atoms with Crippen LogP contribution in [0.4, 0.5) is 5.69 Å². The summed E-state index contributed by atoms with van der Waals surface area (Å²) < 4.78 is 13.5. The van der Waals surface area contributed by atoms with Gasteiger partial charge in [0.25, 0.3) is 5.91 Å². The molecule has 1 atom stereocenters. The van der Waals surface area contributed by atoms with Gasteiger partial charge in [0.15, 0.2) is 0 Å². The zero-order valence-corrected chi connectivity index (χ0v) is 16.1. The molecule has 1 N–H and O–H groups in total. The third kappa shape index (κ3) is 3.47. The van der Waals surface area contributed by atoms with Crippen LogP contribution >= 0.6 is 0 Å². The number of anilines is 1. The molecule has 2 amide bonds. The second kappa shape index (κ2) is 7.27. The molecule has 8 nitrogen and oxygen atoms in total. The van der Waals surface area contributed by atoms with Crippen molar-refractivity contribution >= 4 is 17.5 Å². The Labute approximate surface area is 163 Å². The van der Waals surface area contributed by atoms with Crippen molar-refractivity contribution in [2.45, 2.75) is 31.4 Å². The summed E-state index contributed by atoms with van der Waals surface area (Å²) in [4.78, 5) is 27.8. The number of nitrogens with zero attached hydrogens (tertiary/aromatic N) is 3. The fourth-order valence-electron chi connectivity index (χ4n) is 3.73. The minimum atomic E-state index is -0.665. The van der Waals surface area contributed by atoms with E-state index in [1.165, 1.54) is 0 Å². The van der Waals surface area contributed by atoms with Crippen LogP contribution in [-0.4, -0.2) is 57.9 Å². The summed E-state index contributed by atoms with van der Waals surface area (Å²) in [6.45, 7) is 3.22. The summed E-state index contributed by atoms with van der Waals surface area (Å²) in [5.74, 6) is 0.104. The van der Waals surface area contributed by atoms with E-state index >= 15 is 0 Å². The van der Waals surface area contributed by atoms with Gasteiger partial charge in [0.2, 0.25) is 5.91 Å². The molecule has 1 unspecified atom stereocenters. The topological polar surface area (TPSA) is 85.7 Å². The molecule has 0 radical (unpaired) electrons. The van der Waals surface area contributed by atoms with E-state index in [4.69, 9.17) is 9.47 Å². The van der Waals surface area contributed by atoms with Crippen molar-refractivity contribution in [2.24, 2.45) is 7.05 Å². The zero-order valence-electron chi connectivity index (χ0n) is 16.1. The number of carbonyl (C=O) groups is 2. The molecule has 2 aromatic rings. The number of rotatable bonds is 3. The number of para-hydroxylation sites is 1. The first-order valence-electron chi connectivity index (χ1n) is 9.44. The number of hydrogen-bond donors (Lipinski definition) is 1. The Kier molecular flexibility index (Phi) is 4.80. The molecule has 2 aliphatic rings. The number of amides is 2. The highest BCUT2D eigenvalue weighted by Gasteiger charge is 2.44. The number of hydrogen-bond acceptors (Lipinski definition) is 5. The van der Waals surface area contributed by atoms with Gasteiger partial charge in [-0.05, 0) is 19.1 Å². The van der Waals surface area contributed by atoms with E-state index in [0.717, 1.165) is 0 Å². The maximum absolute atomic E-state index is 13.3. The molecule has 2 aliphatic heterocycles.